The highest BCUT2D eigenvalue weighted by Crippen LogP contribution is 2.28. The first-order chi connectivity index (χ1) is 12.3. The molecular weight excluding hydrogens is 334 g/mol. The summed E-state index contributed by atoms with van der Waals surface area (Å²) in [6, 6.07) is 21.7. The third kappa shape index (κ3) is 3.22. The second-order valence-electron chi connectivity index (χ2n) is 5.44. The molecule has 0 aliphatic heterocycles. The third-order valence-corrected chi connectivity index (χ3v) is 4.02. The topological polar surface area (TPSA) is 66.0 Å². The van der Waals surface area contributed by atoms with Crippen LogP contribution in [0.3, 0.4) is 0 Å². The molecule has 0 amide bonds. The Kier molecular flexibility index (Phi) is 4.14. The number of rotatable bonds is 4. The summed E-state index contributed by atoms with van der Waals surface area (Å²) >= 11 is 5.74. The van der Waals surface area contributed by atoms with Crippen molar-refractivity contribution in [2.24, 2.45) is 5.10 Å². The van der Waals surface area contributed by atoms with Crippen molar-refractivity contribution in [1.82, 2.24) is 15.2 Å². The summed E-state index contributed by atoms with van der Waals surface area (Å²) in [4.78, 5) is 3.47. The van der Waals surface area contributed by atoms with Crippen molar-refractivity contribution in [3.63, 3.8) is 0 Å². The quantitative estimate of drug-likeness (QED) is 0.414. The maximum atomic E-state index is 5.74. The van der Waals surface area contributed by atoms with Gasteiger partial charge < -0.3 is 4.98 Å². The van der Waals surface area contributed by atoms with Crippen LogP contribution in [-0.4, -0.2) is 21.4 Å². The van der Waals surface area contributed by atoms with Gasteiger partial charge in [0.2, 0.25) is 0 Å². The number of hydrogen-bond donors (Lipinski definition) is 2. The number of para-hydroxylation sites is 1. The van der Waals surface area contributed by atoms with Gasteiger partial charge >= 0.3 is 0 Å². The Labute approximate surface area is 149 Å². The molecule has 6 heteroatoms. The Bertz CT molecular complexity index is 1020. The molecule has 0 aliphatic rings. The van der Waals surface area contributed by atoms with Crippen molar-refractivity contribution in [2.45, 2.75) is 0 Å². The van der Waals surface area contributed by atoms with Gasteiger partial charge in [-0.3, -0.25) is 5.43 Å². The maximum absolute atomic E-state index is 5.74. The summed E-state index contributed by atoms with van der Waals surface area (Å²) < 4.78 is 0. The zero-order valence-electron chi connectivity index (χ0n) is 13.1. The SMILES string of the molecule is Clc1ccc(N/N=C/c2c(-c3ccccc3)[nH]c3ccccc23)nn1. The Morgan fingerprint density at radius 1 is 0.920 bits per heavy atom. The molecule has 0 radical (unpaired) electrons. The minimum atomic E-state index is 0.345. The van der Waals surface area contributed by atoms with Gasteiger partial charge in [-0.05, 0) is 23.8 Å². The van der Waals surface area contributed by atoms with E-state index in [4.69, 9.17) is 11.6 Å². The van der Waals surface area contributed by atoms with Crippen LogP contribution >= 0.6 is 11.6 Å². The van der Waals surface area contributed by atoms with Crippen LogP contribution < -0.4 is 5.43 Å². The van der Waals surface area contributed by atoms with Crippen molar-refractivity contribution in [2.75, 3.05) is 5.43 Å². The van der Waals surface area contributed by atoms with Crippen molar-refractivity contribution in [3.8, 4) is 11.3 Å². The maximum Gasteiger partial charge on any atom is 0.168 e. The summed E-state index contributed by atoms with van der Waals surface area (Å²) in [5, 5.41) is 13.5. The molecule has 25 heavy (non-hydrogen) atoms. The lowest BCUT2D eigenvalue weighted by molar-refractivity contribution is 1.02. The van der Waals surface area contributed by atoms with Crippen LogP contribution in [-0.2, 0) is 0 Å². The molecule has 4 rings (SSSR count). The van der Waals surface area contributed by atoms with E-state index in [0.29, 0.717) is 11.0 Å². The van der Waals surface area contributed by atoms with E-state index in [1.807, 2.05) is 30.3 Å². The van der Waals surface area contributed by atoms with Gasteiger partial charge in [-0.1, -0.05) is 60.1 Å². The summed E-state index contributed by atoms with van der Waals surface area (Å²) in [7, 11) is 0. The van der Waals surface area contributed by atoms with E-state index in [1.165, 1.54) is 0 Å². The van der Waals surface area contributed by atoms with Gasteiger partial charge in [-0.2, -0.15) is 5.10 Å². The molecule has 0 saturated carbocycles. The standard InChI is InChI=1S/C19H14ClN5/c20-17-10-11-18(25-23-17)24-21-12-15-14-8-4-5-9-16(14)22-19(15)13-6-2-1-3-7-13/h1-12,22H,(H,24,25)/b21-12+. The molecule has 5 nitrogen and oxygen atoms in total. The van der Waals surface area contributed by atoms with Gasteiger partial charge in [0.1, 0.15) is 0 Å². The number of aromatic amines is 1. The predicted octanol–water partition coefficient (Wildman–Crippen LogP) is 4.72. The number of nitrogens with zero attached hydrogens (tertiary/aromatic N) is 3. The van der Waals surface area contributed by atoms with Crippen LogP contribution in [0.2, 0.25) is 5.15 Å². The average molecular weight is 348 g/mol. The summed E-state index contributed by atoms with van der Waals surface area (Å²) in [6.07, 6.45) is 1.79. The number of fused-ring (bicyclic) bond motifs is 1. The number of H-pyrrole nitrogens is 1. The van der Waals surface area contributed by atoms with Gasteiger partial charge in [0, 0.05) is 16.5 Å². The van der Waals surface area contributed by atoms with Gasteiger partial charge in [-0.25, -0.2) is 0 Å². The number of nitrogens with one attached hydrogen (secondary N) is 2. The Hall–Kier alpha value is -3.18. The first-order valence-corrected chi connectivity index (χ1v) is 8.13. The van der Waals surface area contributed by atoms with Crippen LogP contribution in [0.4, 0.5) is 5.82 Å². The zero-order chi connectivity index (χ0) is 17.1. The average Bonchev–Trinajstić information content (AvgIpc) is 3.03. The molecule has 2 aromatic carbocycles. The molecule has 122 valence electrons. The molecule has 4 aromatic rings. The number of hydrazone groups is 1. The molecule has 0 unspecified atom stereocenters. The normalized spacial score (nSPS) is 11.2. The number of anilines is 1. The van der Waals surface area contributed by atoms with E-state index < -0.39 is 0 Å². The second kappa shape index (κ2) is 6.75. The van der Waals surface area contributed by atoms with Crippen molar-refractivity contribution >= 4 is 34.5 Å². The van der Waals surface area contributed by atoms with Gasteiger partial charge in [0.25, 0.3) is 0 Å². The number of halogens is 1. The fourth-order valence-corrected chi connectivity index (χ4v) is 2.77. The highest BCUT2D eigenvalue weighted by molar-refractivity contribution is 6.29. The molecule has 0 aliphatic carbocycles. The third-order valence-electron chi connectivity index (χ3n) is 3.81. The largest absolute Gasteiger partial charge is 0.354 e. The minimum absolute atomic E-state index is 0.345. The molecule has 2 heterocycles. The van der Waals surface area contributed by atoms with E-state index in [9.17, 15) is 0 Å². The molecule has 0 fully saturated rings. The van der Waals surface area contributed by atoms with Gasteiger partial charge in [-0.15, -0.1) is 10.2 Å². The summed E-state index contributed by atoms with van der Waals surface area (Å²) in [5.74, 6) is 0.529. The van der Waals surface area contributed by atoms with E-state index in [1.54, 1.807) is 18.3 Å². The van der Waals surface area contributed by atoms with E-state index in [2.05, 4.69) is 50.0 Å². The Morgan fingerprint density at radius 3 is 2.52 bits per heavy atom. The summed E-state index contributed by atoms with van der Waals surface area (Å²) in [6.45, 7) is 0. The summed E-state index contributed by atoms with van der Waals surface area (Å²) in [5.41, 5.74) is 7.08. The first kappa shape index (κ1) is 15.4. The highest BCUT2D eigenvalue weighted by Gasteiger charge is 2.11. The molecule has 0 spiro atoms. The number of hydrogen-bond acceptors (Lipinski definition) is 4. The van der Waals surface area contributed by atoms with Crippen LogP contribution in [0.25, 0.3) is 22.2 Å². The van der Waals surface area contributed by atoms with Crippen LogP contribution in [0.15, 0.2) is 71.8 Å². The molecule has 2 aromatic heterocycles. The van der Waals surface area contributed by atoms with E-state index in [-0.39, 0.29) is 0 Å². The van der Waals surface area contributed by atoms with Crippen molar-refractivity contribution < 1.29 is 0 Å². The fourth-order valence-electron chi connectivity index (χ4n) is 2.67. The van der Waals surface area contributed by atoms with Crippen LogP contribution in [0, 0.1) is 0 Å². The Morgan fingerprint density at radius 2 is 1.72 bits per heavy atom. The number of aromatic nitrogens is 3. The second-order valence-corrected chi connectivity index (χ2v) is 5.82. The predicted molar refractivity (Wildman–Crippen MR) is 102 cm³/mol. The van der Waals surface area contributed by atoms with Crippen LogP contribution in [0.1, 0.15) is 5.56 Å². The molecule has 0 atom stereocenters. The minimum Gasteiger partial charge on any atom is -0.354 e. The first-order valence-electron chi connectivity index (χ1n) is 7.76. The number of benzene rings is 2. The zero-order valence-corrected chi connectivity index (χ0v) is 13.9. The van der Waals surface area contributed by atoms with Gasteiger partial charge in [0.05, 0.1) is 11.9 Å². The molecule has 0 bridgehead atoms. The van der Waals surface area contributed by atoms with Crippen molar-refractivity contribution in [1.29, 1.82) is 0 Å². The lowest BCUT2D eigenvalue weighted by Crippen LogP contribution is -1.95. The van der Waals surface area contributed by atoms with Gasteiger partial charge in [0.15, 0.2) is 11.0 Å². The molecule has 2 N–H and O–H groups in total. The molecule has 0 saturated heterocycles. The lowest BCUT2D eigenvalue weighted by Gasteiger charge is -2.01. The van der Waals surface area contributed by atoms with E-state index >= 15 is 0 Å². The van der Waals surface area contributed by atoms with Crippen LogP contribution in [0.5, 0.6) is 0 Å². The monoisotopic (exact) mass is 347 g/mol. The highest BCUT2D eigenvalue weighted by atomic mass is 35.5. The molecular formula is C19H14ClN5. The fraction of sp³-hybridized carbons (Fsp3) is 0. The Balaban J connectivity index is 1.72. The van der Waals surface area contributed by atoms with E-state index in [0.717, 1.165) is 27.7 Å². The smallest absolute Gasteiger partial charge is 0.168 e. The van der Waals surface area contributed by atoms with Crippen molar-refractivity contribution in [3.05, 3.63) is 77.4 Å². The lowest BCUT2D eigenvalue weighted by atomic mass is 10.1.